The summed E-state index contributed by atoms with van der Waals surface area (Å²) in [6, 6.07) is 35.2. The number of amides is 1. The molecule has 1 amide bonds. The maximum atomic E-state index is 14.3. The number of thiazole rings is 1. The van der Waals surface area contributed by atoms with Crippen LogP contribution in [0.4, 0.5) is 0 Å². The van der Waals surface area contributed by atoms with Gasteiger partial charge in [0, 0.05) is 23.2 Å². The van der Waals surface area contributed by atoms with Gasteiger partial charge in [-0.05, 0) is 59.2 Å². The lowest BCUT2D eigenvalue weighted by atomic mass is 9.73. The molecule has 4 aromatic carbocycles. The second-order valence-electron chi connectivity index (χ2n) is 10.5. The molecule has 1 aliphatic carbocycles. The second-order valence-corrected chi connectivity index (χ2v) is 12.7. The van der Waals surface area contributed by atoms with Crippen molar-refractivity contribution in [2.75, 3.05) is 19.4 Å². The molecule has 1 heterocycles. The monoisotopic (exact) mass is 590 g/mol. The molecule has 6 rings (SSSR count). The van der Waals surface area contributed by atoms with Gasteiger partial charge in [-0.1, -0.05) is 109 Å². The molecule has 0 bridgehead atoms. The molecule has 212 valence electrons. The fourth-order valence-electron chi connectivity index (χ4n) is 5.93. The highest BCUT2D eigenvalue weighted by Gasteiger charge is 2.48. The number of benzene rings is 4. The largest absolute Gasteiger partial charge is 0.497 e. The molecule has 1 N–H and O–H groups in total. The molecule has 5 aromatic rings. The van der Waals surface area contributed by atoms with Crippen LogP contribution in [-0.2, 0) is 16.6 Å². The van der Waals surface area contributed by atoms with E-state index >= 15 is 0 Å². The van der Waals surface area contributed by atoms with E-state index < -0.39 is 5.41 Å². The zero-order chi connectivity index (χ0) is 28.8. The topological polar surface area (TPSA) is 51.2 Å². The van der Waals surface area contributed by atoms with Crippen molar-refractivity contribution >= 4 is 29.0 Å². The van der Waals surface area contributed by atoms with Crippen LogP contribution >= 0.6 is 23.1 Å². The van der Waals surface area contributed by atoms with Gasteiger partial charge in [0.1, 0.15) is 11.2 Å². The Bertz CT molecular complexity index is 1600. The Kier molecular flexibility index (Phi) is 8.73. The summed E-state index contributed by atoms with van der Waals surface area (Å²) >= 11 is 3.51. The Labute approximate surface area is 256 Å². The third-order valence-electron chi connectivity index (χ3n) is 8.03. The summed E-state index contributed by atoms with van der Waals surface area (Å²) < 4.78 is 6.38. The van der Waals surface area contributed by atoms with E-state index in [9.17, 15) is 4.79 Å². The molecule has 4 nitrogen and oxygen atoms in total. The zero-order valence-corrected chi connectivity index (χ0v) is 25.3. The zero-order valence-electron chi connectivity index (χ0n) is 23.7. The fourth-order valence-corrected chi connectivity index (χ4v) is 7.84. The molecule has 0 aliphatic heterocycles. The lowest BCUT2D eigenvalue weighted by Crippen LogP contribution is -2.45. The fraction of sp³-hybridized carbons (Fsp3) is 0.222. The normalized spacial score (nSPS) is 12.9. The third-order valence-corrected chi connectivity index (χ3v) is 10.1. The third kappa shape index (κ3) is 5.74. The van der Waals surface area contributed by atoms with E-state index in [-0.39, 0.29) is 5.91 Å². The summed E-state index contributed by atoms with van der Waals surface area (Å²) in [6.07, 6.45) is 3.49. The summed E-state index contributed by atoms with van der Waals surface area (Å²) in [5.41, 5.74) is 7.24. The number of ether oxygens (including phenoxy) is 1. The first-order valence-electron chi connectivity index (χ1n) is 14.4. The molecule has 0 radical (unpaired) electrons. The van der Waals surface area contributed by atoms with Gasteiger partial charge in [0.25, 0.3) is 0 Å². The molecular weight excluding hydrogens is 557 g/mol. The molecule has 6 heteroatoms. The van der Waals surface area contributed by atoms with Crippen LogP contribution in [0.15, 0.2) is 113 Å². The van der Waals surface area contributed by atoms with E-state index in [4.69, 9.17) is 9.72 Å². The number of nitrogens with one attached hydrogen (secondary N) is 1. The first-order valence-corrected chi connectivity index (χ1v) is 16.3. The van der Waals surface area contributed by atoms with Crippen LogP contribution in [0.2, 0.25) is 0 Å². The van der Waals surface area contributed by atoms with Gasteiger partial charge < -0.3 is 10.1 Å². The predicted molar refractivity (Wildman–Crippen MR) is 174 cm³/mol. The average Bonchev–Trinajstić information content (AvgIpc) is 3.63. The number of methoxy groups -OCH3 is 1. The van der Waals surface area contributed by atoms with Gasteiger partial charge in [-0.3, -0.25) is 4.79 Å². The summed E-state index contributed by atoms with van der Waals surface area (Å²) in [5.74, 6) is 1.90. The number of aromatic nitrogens is 1. The maximum Gasteiger partial charge on any atom is 0.235 e. The SMILES string of the molecule is COc1ccc(CCNC(=O)C2(CCCCSc3nc(-c4ccccc4)cs3)c3ccccc3-c3ccccc32)cc1. The number of unbranched alkanes of at least 4 members (excludes halogenated alkanes) is 1. The van der Waals surface area contributed by atoms with Crippen molar-refractivity contribution in [3.05, 3.63) is 125 Å². The Hall–Kier alpha value is -3.87. The van der Waals surface area contributed by atoms with Crippen molar-refractivity contribution in [1.82, 2.24) is 10.3 Å². The number of carbonyl (C=O) groups excluding carboxylic acids is 1. The van der Waals surface area contributed by atoms with Gasteiger partial charge in [-0.15, -0.1) is 11.3 Å². The molecule has 1 aliphatic rings. The number of nitrogens with zero attached hydrogens (tertiary/aromatic N) is 1. The highest BCUT2D eigenvalue weighted by molar-refractivity contribution is 8.01. The number of rotatable bonds is 12. The van der Waals surface area contributed by atoms with E-state index in [1.807, 2.05) is 42.1 Å². The minimum Gasteiger partial charge on any atom is -0.497 e. The van der Waals surface area contributed by atoms with Crippen molar-refractivity contribution in [3.63, 3.8) is 0 Å². The smallest absolute Gasteiger partial charge is 0.235 e. The van der Waals surface area contributed by atoms with Crippen LogP contribution in [-0.4, -0.2) is 30.3 Å². The van der Waals surface area contributed by atoms with Crippen LogP contribution in [0.3, 0.4) is 0 Å². The molecule has 0 atom stereocenters. The van der Waals surface area contributed by atoms with Crippen molar-refractivity contribution < 1.29 is 9.53 Å². The Morgan fingerprint density at radius 1 is 0.857 bits per heavy atom. The van der Waals surface area contributed by atoms with Crippen LogP contribution in [0.1, 0.15) is 36.0 Å². The van der Waals surface area contributed by atoms with Crippen LogP contribution < -0.4 is 10.1 Å². The van der Waals surface area contributed by atoms with Gasteiger partial charge >= 0.3 is 0 Å². The lowest BCUT2D eigenvalue weighted by molar-refractivity contribution is -0.125. The Morgan fingerprint density at radius 3 is 2.21 bits per heavy atom. The van der Waals surface area contributed by atoms with E-state index in [1.54, 1.807) is 18.4 Å². The van der Waals surface area contributed by atoms with Crippen molar-refractivity contribution in [2.45, 2.75) is 35.4 Å². The van der Waals surface area contributed by atoms with E-state index in [0.29, 0.717) is 6.54 Å². The number of hydrogen-bond acceptors (Lipinski definition) is 5. The van der Waals surface area contributed by atoms with E-state index in [2.05, 4.69) is 83.5 Å². The molecule has 0 fully saturated rings. The van der Waals surface area contributed by atoms with E-state index in [1.165, 1.54) is 16.7 Å². The first-order chi connectivity index (χ1) is 20.7. The van der Waals surface area contributed by atoms with Gasteiger partial charge in [-0.2, -0.15) is 0 Å². The number of fused-ring (bicyclic) bond motifs is 3. The molecular formula is C36H34N2O2S2. The Morgan fingerprint density at radius 2 is 1.52 bits per heavy atom. The minimum absolute atomic E-state index is 0.0912. The van der Waals surface area contributed by atoms with Gasteiger partial charge in [0.15, 0.2) is 4.34 Å². The second kappa shape index (κ2) is 13.0. The maximum absolute atomic E-state index is 14.3. The number of thioether (sulfide) groups is 1. The first kappa shape index (κ1) is 28.3. The summed E-state index contributed by atoms with van der Waals surface area (Å²) in [4.78, 5) is 19.1. The van der Waals surface area contributed by atoms with Crippen LogP contribution in [0.25, 0.3) is 22.4 Å². The van der Waals surface area contributed by atoms with Gasteiger partial charge in [0.2, 0.25) is 5.91 Å². The van der Waals surface area contributed by atoms with Crippen molar-refractivity contribution in [3.8, 4) is 28.1 Å². The lowest BCUT2D eigenvalue weighted by Gasteiger charge is -2.31. The summed E-state index contributed by atoms with van der Waals surface area (Å²) in [5, 5.41) is 5.46. The number of carbonyl (C=O) groups is 1. The van der Waals surface area contributed by atoms with Crippen molar-refractivity contribution in [2.24, 2.45) is 0 Å². The van der Waals surface area contributed by atoms with Gasteiger partial charge in [0.05, 0.1) is 12.8 Å². The Balaban J connectivity index is 1.15. The minimum atomic E-state index is -0.695. The molecule has 0 saturated heterocycles. The average molecular weight is 591 g/mol. The molecule has 0 unspecified atom stereocenters. The highest BCUT2D eigenvalue weighted by Crippen LogP contribution is 2.51. The molecule has 0 spiro atoms. The van der Waals surface area contributed by atoms with Crippen molar-refractivity contribution in [1.29, 1.82) is 0 Å². The summed E-state index contributed by atoms with van der Waals surface area (Å²) in [7, 11) is 1.67. The highest BCUT2D eigenvalue weighted by atomic mass is 32.2. The predicted octanol–water partition coefficient (Wildman–Crippen LogP) is 8.41. The van der Waals surface area contributed by atoms with Crippen LogP contribution in [0.5, 0.6) is 5.75 Å². The molecule has 1 aromatic heterocycles. The molecule has 0 saturated carbocycles. The number of hydrogen-bond donors (Lipinski definition) is 1. The molecule has 42 heavy (non-hydrogen) atoms. The summed E-state index contributed by atoms with van der Waals surface area (Å²) in [6.45, 7) is 0.584. The van der Waals surface area contributed by atoms with E-state index in [0.717, 1.165) is 63.9 Å². The quantitative estimate of drug-likeness (QED) is 0.117. The standard InChI is InChI=1S/C36H34N2O2S2/c1-40-28-19-17-26(18-20-28)21-23-37-34(39)36(31-15-7-5-13-29(31)30-14-6-8-16-32(30)36)22-9-10-24-41-35-38-33(25-42-35)27-11-3-2-4-12-27/h2-8,11-20,25H,9-10,21-24H2,1H3,(H,37,39). The van der Waals surface area contributed by atoms with Gasteiger partial charge in [-0.25, -0.2) is 4.98 Å². The van der Waals surface area contributed by atoms with Crippen LogP contribution in [0, 0.1) is 0 Å².